The van der Waals surface area contributed by atoms with Crippen molar-refractivity contribution in [3.05, 3.63) is 64.5 Å². The summed E-state index contributed by atoms with van der Waals surface area (Å²) >= 11 is 0. The summed E-state index contributed by atoms with van der Waals surface area (Å²) in [6, 6.07) is 13.4. The Balaban J connectivity index is 2.16. The van der Waals surface area contributed by atoms with Gasteiger partial charge in [0.25, 0.3) is 5.69 Å². The maximum atomic E-state index is 10.7. The van der Waals surface area contributed by atoms with Gasteiger partial charge >= 0.3 is 0 Å². The van der Waals surface area contributed by atoms with Crippen LogP contribution in [0.25, 0.3) is 22.5 Å². The average molecular weight is 291 g/mol. The first-order valence-corrected chi connectivity index (χ1v) is 6.35. The van der Waals surface area contributed by atoms with Gasteiger partial charge in [-0.2, -0.15) is 10.4 Å². The molecule has 0 saturated heterocycles. The van der Waals surface area contributed by atoms with Crippen LogP contribution in [0.2, 0.25) is 0 Å². The number of nitro groups is 1. The maximum absolute atomic E-state index is 10.7. The minimum absolute atomic E-state index is 0.00913. The van der Waals surface area contributed by atoms with Crippen LogP contribution in [0.15, 0.2) is 48.7 Å². The molecule has 7 nitrogen and oxygen atoms in total. The number of benzene rings is 1. The molecule has 2 aromatic heterocycles. The van der Waals surface area contributed by atoms with Crippen molar-refractivity contribution in [1.82, 2.24) is 15.2 Å². The lowest BCUT2D eigenvalue weighted by atomic mass is 10.0. The molecule has 7 heteroatoms. The van der Waals surface area contributed by atoms with E-state index >= 15 is 0 Å². The van der Waals surface area contributed by atoms with E-state index in [4.69, 9.17) is 0 Å². The number of non-ortho nitro benzene ring substituents is 1. The number of hydrogen-bond donors (Lipinski definition) is 1. The van der Waals surface area contributed by atoms with Crippen LogP contribution in [0.3, 0.4) is 0 Å². The van der Waals surface area contributed by atoms with Gasteiger partial charge in [0, 0.05) is 23.9 Å². The molecule has 2 heterocycles. The second kappa shape index (κ2) is 5.46. The molecule has 1 N–H and O–H groups in total. The summed E-state index contributed by atoms with van der Waals surface area (Å²) in [4.78, 5) is 14.5. The highest BCUT2D eigenvalue weighted by Crippen LogP contribution is 2.32. The summed E-state index contributed by atoms with van der Waals surface area (Å²) in [5.74, 6) is 0. The fraction of sp³-hybridized carbons (Fsp3) is 0. The number of H-pyrrole nitrogens is 1. The lowest BCUT2D eigenvalue weighted by Gasteiger charge is -2.03. The zero-order valence-corrected chi connectivity index (χ0v) is 11.2. The molecule has 1 aromatic carbocycles. The molecule has 0 fully saturated rings. The van der Waals surface area contributed by atoms with E-state index in [2.05, 4.69) is 15.2 Å². The molecule has 0 amide bonds. The van der Waals surface area contributed by atoms with Gasteiger partial charge in [-0.1, -0.05) is 6.07 Å². The Morgan fingerprint density at radius 2 is 1.95 bits per heavy atom. The summed E-state index contributed by atoms with van der Waals surface area (Å²) in [5, 5.41) is 26.8. The van der Waals surface area contributed by atoms with Crippen molar-refractivity contribution >= 4 is 5.69 Å². The van der Waals surface area contributed by atoms with E-state index in [0.29, 0.717) is 22.5 Å². The molecule has 3 rings (SSSR count). The van der Waals surface area contributed by atoms with Crippen molar-refractivity contribution in [3.8, 4) is 28.6 Å². The highest BCUT2D eigenvalue weighted by atomic mass is 16.6. The number of rotatable bonds is 3. The topological polar surface area (TPSA) is 108 Å². The van der Waals surface area contributed by atoms with E-state index in [1.165, 1.54) is 12.1 Å². The van der Waals surface area contributed by atoms with Crippen molar-refractivity contribution in [2.75, 3.05) is 0 Å². The van der Waals surface area contributed by atoms with Gasteiger partial charge in [0.05, 0.1) is 16.3 Å². The zero-order valence-electron chi connectivity index (χ0n) is 11.2. The smallest absolute Gasteiger partial charge is 0.269 e. The van der Waals surface area contributed by atoms with Gasteiger partial charge in [-0.15, -0.1) is 0 Å². The first-order valence-electron chi connectivity index (χ1n) is 6.35. The predicted molar refractivity (Wildman–Crippen MR) is 78.6 cm³/mol. The minimum Gasteiger partial charge on any atom is -0.274 e. The summed E-state index contributed by atoms with van der Waals surface area (Å²) < 4.78 is 0. The number of nitriles is 1. The van der Waals surface area contributed by atoms with E-state index in [0.717, 1.165) is 0 Å². The van der Waals surface area contributed by atoms with Crippen LogP contribution < -0.4 is 0 Å². The maximum Gasteiger partial charge on any atom is 0.269 e. The van der Waals surface area contributed by atoms with Crippen molar-refractivity contribution in [2.45, 2.75) is 0 Å². The SMILES string of the molecule is N#Cc1n[nH]c(-c2ccccn2)c1-c1ccc([N+](=O)[O-])cc1. The second-order valence-electron chi connectivity index (χ2n) is 4.45. The third-order valence-corrected chi connectivity index (χ3v) is 3.16. The number of pyridine rings is 1. The van der Waals surface area contributed by atoms with Crippen LogP contribution in [0.5, 0.6) is 0 Å². The highest BCUT2D eigenvalue weighted by Gasteiger charge is 2.18. The van der Waals surface area contributed by atoms with Gasteiger partial charge < -0.3 is 0 Å². The third kappa shape index (κ3) is 2.29. The largest absolute Gasteiger partial charge is 0.274 e. The van der Waals surface area contributed by atoms with E-state index in [9.17, 15) is 15.4 Å². The standard InChI is InChI=1S/C15H9N5O2/c16-9-13-14(10-4-6-11(7-5-10)20(21)22)15(19-18-13)12-3-1-2-8-17-12/h1-8H,(H,18,19). The minimum atomic E-state index is -0.468. The van der Waals surface area contributed by atoms with E-state index < -0.39 is 4.92 Å². The molecular formula is C15H9N5O2. The second-order valence-corrected chi connectivity index (χ2v) is 4.45. The first kappa shape index (κ1) is 13.5. The summed E-state index contributed by atoms with van der Waals surface area (Å²) in [6.45, 7) is 0. The van der Waals surface area contributed by atoms with E-state index in [-0.39, 0.29) is 11.4 Å². The molecule has 0 saturated carbocycles. The van der Waals surface area contributed by atoms with E-state index in [1.807, 2.05) is 12.1 Å². The number of nitrogens with zero attached hydrogens (tertiary/aromatic N) is 4. The highest BCUT2D eigenvalue weighted by molar-refractivity contribution is 5.83. The fourth-order valence-electron chi connectivity index (χ4n) is 2.15. The Bertz CT molecular complexity index is 863. The Labute approximate surface area is 125 Å². The predicted octanol–water partition coefficient (Wildman–Crippen LogP) is 2.92. The zero-order chi connectivity index (χ0) is 15.5. The number of nitro benzene ring substituents is 1. The molecule has 0 unspecified atom stereocenters. The molecule has 0 atom stereocenters. The summed E-state index contributed by atoms with van der Waals surface area (Å²) in [6.07, 6.45) is 1.64. The molecule has 0 radical (unpaired) electrons. The molecule has 106 valence electrons. The summed E-state index contributed by atoms with van der Waals surface area (Å²) in [7, 11) is 0. The summed E-state index contributed by atoms with van der Waals surface area (Å²) in [5.41, 5.74) is 2.70. The monoisotopic (exact) mass is 291 g/mol. The number of aromatic nitrogens is 3. The van der Waals surface area contributed by atoms with Gasteiger partial charge in [-0.3, -0.25) is 20.2 Å². The normalized spacial score (nSPS) is 10.1. The molecule has 3 aromatic rings. The van der Waals surface area contributed by atoms with Crippen LogP contribution in [0, 0.1) is 21.4 Å². The molecule has 0 spiro atoms. The fourth-order valence-corrected chi connectivity index (χ4v) is 2.15. The first-order chi connectivity index (χ1) is 10.7. The lowest BCUT2D eigenvalue weighted by Crippen LogP contribution is -1.89. The van der Waals surface area contributed by atoms with Gasteiger partial charge in [-0.25, -0.2) is 0 Å². The number of aromatic amines is 1. The van der Waals surface area contributed by atoms with Crippen LogP contribution in [0.1, 0.15) is 5.69 Å². The number of hydrogen-bond acceptors (Lipinski definition) is 5. The number of nitrogens with one attached hydrogen (secondary N) is 1. The molecule has 0 aliphatic heterocycles. The van der Waals surface area contributed by atoms with Gasteiger partial charge in [0.1, 0.15) is 6.07 Å². The van der Waals surface area contributed by atoms with E-state index in [1.54, 1.807) is 30.5 Å². The van der Waals surface area contributed by atoms with Crippen LogP contribution in [-0.4, -0.2) is 20.1 Å². The van der Waals surface area contributed by atoms with Crippen molar-refractivity contribution in [1.29, 1.82) is 5.26 Å². The van der Waals surface area contributed by atoms with Crippen molar-refractivity contribution in [3.63, 3.8) is 0 Å². The molecule has 0 aliphatic rings. The van der Waals surface area contributed by atoms with Gasteiger partial charge in [0.2, 0.25) is 0 Å². The molecule has 0 aliphatic carbocycles. The Hall–Kier alpha value is -3.53. The van der Waals surface area contributed by atoms with Crippen molar-refractivity contribution < 1.29 is 4.92 Å². The third-order valence-electron chi connectivity index (χ3n) is 3.16. The average Bonchev–Trinajstić information content (AvgIpc) is 2.99. The Morgan fingerprint density at radius 3 is 2.55 bits per heavy atom. The van der Waals surface area contributed by atoms with Crippen LogP contribution in [-0.2, 0) is 0 Å². The van der Waals surface area contributed by atoms with Gasteiger partial charge in [0.15, 0.2) is 5.69 Å². The quantitative estimate of drug-likeness (QED) is 0.589. The Kier molecular flexibility index (Phi) is 3.34. The van der Waals surface area contributed by atoms with Gasteiger partial charge in [-0.05, 0) is 29.8 Å². The Morgan fingerprint density at radius 1 is 1.18 bits per heavy atom. The van der Waals surface area contributed by atoms with Crippen LogP contribution >= 0.6 is 0 Å². The van der Waals surface area contributed by atoms with Crippen LogP contribution in [0.4, 0.5) is 5.69 Å². The molecule has 0 bridgehead atoms. The molecular weight excluding hydrogens is 282 g/mol. The molecule has 22 heavy (non-hydrogen) atoms. The lowest BCUT2D eigenvalue weighted by molar-refractivity contribution is -0.384. The van der Waals surface area contributed by atoms with Crippen molar-refractivity contribution in [2.24, 2.45) is 0 Å².